The predicted molar refractivity (Wildman–Crippen MR) is 103 cm³/mol. The third kappa shape index (κ3) is 3.34. The van der Waals surface area contributed by atoms with Gasteiger partial charge in [-0.3, -0.25) is 9.78 Å². The van der Waals surface area contributed by atoms with Gasteiger partial charge in [-0.15, -0.1) is 0 Å². The fourth-order valence-electron chi connectivity index (χ4n) is 4.20. The van der Waals surface area contributed by atoms with E-state index in [0.29, 0.717) is 10.0 Å². The van der Waals surface area contributed by atoms with Crippen LogP contribution in [0.1, 0.15) is 30.0 Å². The zero-order chi connectivity index (χ0) is 18.3. The largest absolute Gasteiger partial charge is 0.378 e. The second-order valence-electron chi connectivity index (χ2n) is 7.02. The van der Waals surface area contributed by atoms with Crippen molar-refractivity contribution in [3.8, 4) is 0 Å². The van der Waals surface area contributed by atoms with Gasteiger partial charge in [0.2, 0.25) is 0 Å². The zero-order valence-corrected chi connectivity index (χ0v) is 15.9. The van der Waals surface area contributed by atoms with Crippen molar-refractivity contribution in [2.45, 2.75) is 37.9 Å². The van der Waals surface area contributed by atoms with E-state index in [1.165, 1.54) is 0 Å². The number of benzene rings is 1. The molecule has 1 N–H and O–H groups in total. The summed E-state index contributed by atoms with van der Waals surface area (Å²) in [7, 11) is 0. The maximum Gasteiger partial charge on any atom is 0.158 e. The van der Waals surface area contributed by atoms with Gasteiger partial charge in [-0.1, -0.05) is 23.2 Å². The molecule has 6 heteroatoms. The Morgan fingerprint density at radius 3 is 2.77 bits per heavy atom. The first kappa shape index (κ1) is 17.8. The Morgan fingerprint density at radius 2 is 2.00 bits per heavy atom. The van der Waals surface area contributed by atoms with Crippen LogP contribution in [-0.2, 0) is 9.53 Å². The molecule has 0 aliphatic carbocycles. The van der Waals surface area contributed by atoms with E-state index in [1.54, 1.807) is 12.1 Å². The van der Waals surface area contributed by atoms with Crippen LogP contribution < -0.4 is 5.32 Å². The number of ether oxygens (including phenoxy) is 1. The number of halogens is 2. The molecule has 4 rings (SSSR count). The van der Waals surface area contributed by atoms with Crippen molar-refractivity contribution < 1.29 is 9.53 Å². The Balaban J connectivity index is 1.51. The molecule has 2 aromatic rings. The topological polar surface area (TPSA) is 51.2 Å². The van der Waals surface area contributed by atoms with Crippen LogP contribution in [0.4, 0.5) is 5.69 Å². The van der Waals surface area contributed by atoms with Crippen molar-refractivity contribution in [3.05, 3.63) is 57.8 Å². The van der Waals surface area contributed by atoms with E-state index in [4.69, 9.17) is 27.9 Å². The Kier molecular flexibility index (Phi) is 4.91. The fourth-order valence-corrected chi connectivity index (χ4v) is 4.50. The van der Waals surface area contributed by atoms with Gasteiger partial charge in [-0.25, -0.2) is 0 Å². The lowest BCUT2D eigenvalue weighted by atomic mass is 9.73. The lowest BCUT2D eigenvalue weighted by Crippen LogP contribution is -2.35. The minimum absolute atomic E-state index is 0.0153. The summed E-state index contributed by atoms with van der Waals surface area (Å²) in [5, 5.41) is 4.14. The average molecular weight is 391 g/mol. The number of aromatic nitrogens is 1. The second-order valence-corrected chi connectivity index (χ2v) is 7.84. The molecule has 0 unspecified atom stereocenters. The zero-order valence-electron chi connectivity index (χ0n) is 14.4. The van der Waals surface area contributed by atoms with E-state index in [-0.39, 0.29) is 36.4 Å². The Morgan fingerprint density at radius 1 is 1.19 bits per heavy atom. The van der Waals surface area contributed by atoms with Gasteiger partial charge in [0.1, 0.15) is 0 Å². The number of anilines is 1. The molecule has 2 aliphatic heterocycles. The number of hydrogen-bond donors (Lipinski definition) is 1. The molecule has 0 spiro atoms. The van der Waals surface area contributed by atoms with Crippen LogP contribution >= 0.6 is 23.2 Å². The van der Waals surface area contributed by atoms with Gasteiger partial charge in [-0.05, 0) is 55.7 Å². The van der Waals surface area contributed by atoms with Gasteiger partial charge < -0.3 is 10.1 Å². The van der Waals surface area contributed by atoms with Crippen molar-refractivity contribution in [3.63, 3.8) is 0 Å². The van der Waals surface area contributed by atoms with Gasteiger partial charge in [0, 0.05) is 23.5 Å². The lowest BCUT2D eigenvalue weighted by Gasteiger charge is -2.27. The molecule has 1 aromatic carbocycles. The maximum absolute atomic E-state index is 13.0. The maximum atomic E-state index is 13.0. The number of aryl methyl sites for hydroxylation is 1. The van der Waals surface area contributed by atoms with Crippen molar-refractivity contribution in [1.82, 2.24) is 4.98 Å². The fraction of sp³-hybridized carbons (Fsp3) is 0.400. The number of carbonyl (C=O) groups is 1. The van der Waals surface area contributed by atoms with Crippen LogP contribution in [0.2, 0.25) is 10.0 Å². The van der Waals surface area contributed by atoms with E-state index in [0.717, 1.165) is 29.8 Å². The Hall–Kier alpha value is -1.62. The van der Waals surface area contributed by atoms with Gasteiger partial charge >= 0.3 is 0 Å². The molecule has 136 valence electrons. The number of carbonyl (C=O) groups excluding carboxylic acids is 1. The highest BCUT2D eigenvalue weighted by Crippen LogP contribution is 2.49. The highest BCUT2D eigenvalue weighted by molar-refractivity contribution is 6.42. The van der Waals surface area contributed by atoms with Gasteiger partial charge in [0.15, 0.2) is 5.78 Å². The van der Waals surface area contributed by atoms with E-state index in [1.807, 2.05) is 25.3 Å². The number of ketones is 1. The summed E-state index contributed by atoms with van der Waals surface area (Å²) in [6.45, 7) is 2.22. The normalized spacial score (nSPS) is 26.9. The van der Waals surface area contributed by atoms with Gasteiger partial charge in [-0.2, -0.15) is 0 Å². The quantitative estimate of drug-likeness (QED) is 0.807. The molecule has 3 heterocycles. The molecule has 2 saturated heterocycles. The van der Waals surface area contributed by atoms with E-state index < -0.39 is 0 Å². The number of Topliss-reactive ketones (excluding diaryl/α,β-unsaturated/α-hetero) is 1. The summed E-state index contributed by atoms with van der Waals surface area (Å²) in [5.41, 5.74) is 2.90. The highest BCUT2D eigenvalue weighted by Gasteiger charge is 2.52. The molecular formula is C20H20Cl2N2O2. The molecule has 0 saturated carbocycles. The van der Waals surface area contributed by atoms with E-state index in [2.05, 4.69) is 16.4 Å². The Bertz CT molecular complexity index is 842. The van der Waals surface area contributed by atoms with Crippen LogP contribution in [0.3, 0.4) is 0 Å². The van der Waals surface area contributed by atoms with Crippen LogP contribution in [0.15, 0.2) is 36.5 Å². The van der Waals surface area contributed by atoms with Crippen LogP contribution in [0.5, 0.6) is 0 Å². The predicted octanol–water partition coefficient (Wildman–Crippen LogP) is 4.64. The first-order chi connectivity index (χ1) is 12.5. The van der Waals surface area contributed by atoms with E-state index in [9.17, 15) is 4.79 Å². The van der Waals surface area contributed by atoms with Crippen molar-refractivity contribution in [1.29, 1.82) is 0 Å². The molecule has 2 bridgehead atoms. The SMILES string of the molecule is Cc1cc([C@H]2[C@H](C(=O)CNc3ccc(Cl)c(Cl)c3)[C@@H]3CC[C@H]2O3)ccn1. The van der Waals surface area contributed by atoms with Crippen LogP contribution in [-0.4, -0.2) is 29.5 Å². The highest BCUT2D eigenvalue weighted by atomic mass is 35.5. The first-order valence-electron chi connectivity index (χ1n) is 8.82. The molecule has 1 aromatic heterocycles. The summed E-state index contributed by atoms with van der Waals surface area (Å²) < 4.78 is 6.09. The number of nitrogens with one attached hydrogen (secondary N) is 1. The summed E-state index contributed by atoms with van der Waals surface area (Å²) in [6.07, 6.45) is 3.92. The number of pyridine rings is 1. The van der Waals surface area contributed by atoms with Crippen molar-refractivity contribution >= 4 is 34.7 Å². The van der Waals surface area contributed by atoms with Crippen molar-refractivity contribution in [2.75, 3.05) is 11.9 Å². The minimum atomic E-state index is -0.120. The molecule has 4 nitrogen and oxygen atoms in total. The number of rotatable bonds is 5. The molecule has 0 amide bonds. The third-order valence-electron chi connectivity index (χ3n) is 5.34. The second kappa shape index (κ2) is 7.18. The molecular weight excluding hydrogens is 371 g/mol. The number of nitrogens with zero attached hydrogens (tertiary/aromatic N) is 1. The molecule has 4 atom stereocenters. The van der Waals surface area contributed by atoms with Crippen LogP contribution in [0.25, 0.3) is 0 Å². The summed E-state index contributed by atoms with van der Waals surface area (Å²) in [6, 6.07) is 9.36. The molecule has 26 heavy (non-hydrogen) atoms. The monoisotopic (exact) mass is 390 g/mol. The number of fused-ring (bicyclic) bond motifs is 2. The summed E-state index contributed by atoms with van der Waals surface area (Å²) >= 11 is 12.0. The lowest BCUT2D eigenvalue weighted by molar-refractivity contribution is -0.123. The molecule has 2 fully saturated rings. The molecule has 0 radical (unpaired) electrons. The average Bonchev–Trinajstić information content (AvgIpc) is 3.24. The number of hydrogen-bond acceptors (Lipinski definition) is 4. The van der Waals surface area contributed by atoms with Crippen LogP contribution in [0, 0.1) is 12.8 Å². The van der Waals surface area contributed by atoms with Gasteiger partial charge in [0.05, 0.1) is 34.7 Å². The smallest absolute Gasteiger partial charge is 0.158 e. The van der Waals surface area contributed by atoms with Gasteiger partial charge in [0.25, 0.3) is 0 Å². The standard InChI is InChI=1S/C20H20Cl2N2O2/c1-11-8-12(6-7-23-11)19-17-4-5-18(26-17)20(19)16(25)10-24-13-2-3-14(21)15(22)9-13/h2-3,6-9,17-20,24H,4-5,10H2,1H3/t17-,18+,19-,20-/m1/s1. The van der Waals surface area contributed by atoms with Crippen molar-refractivity contribution in [2.24, 2.45) is 5.92 Å². The summed E-state index contributed by atoms with van der Waals surface area (Å²) in [5.74, 6) is 0.159. The van der Waals surface area contributed by atoms with E-state index >= 15 is 0 Å². The first-order valence-corrected chi connectivity index (χ1v) is 9.58. The molecule has 2 aliphatic rings. The minimum Gasteiger partial charge on any atom is -0.378 e. The third-order valence-corrected chi connectivity index (χ3v) is 6.08. The summed E-state index contributed by atoms with van der Waals surface area (Å²) in [4.78, 5) is 17.3. The Labute approximate surface area is 162 Å².